The molecule has 1 unspecified atom stereocenters. The molecular formula is C22H21ClN4O4. The van der Waals surface area contributed by atoms with Crippen molar-refractivity contribution in [2.24, 2.45) is 0 Å². The fraction of sp³-hybridized carbons (Fsp3) is 0.227. The molecule has 31 heavy (non-hydrogen) atoms. The largest absolute Gasteiger partial charge is 0.465 e. The number of likely N-dealkylation sites (tertiary alicyclic amines) is 1. The zero-order valence-electron chi connectivity index (χ0n) is 16.5. The maximum atomic E-state index is 13.0. The number of fused-ring (bicyclic) bond motifs is 1. The van der Waals surface area contributed by atoms with Crippen LogP contribution >= 0.6 is 11.6 Å². The summed E-state index contributed by atoms with van der Waals surface area (Å²) in [4.78, 5) is 37.6. The molecule has 1 atom stereocenters. The normalized spacial score (nSPS) is 15.8. The van der Waals surface area contributed by atoms with E-state index >= 15 is 0 Å². The summed E-state index contributed by atoms with van der Waals surface area (Å²) in [5.74, 6) is 0. The molecule has 1 fully saturated rings. The van der Waals surface area contributed by atoms with Gasteiger partial charge in [0.15, 0.2) is 5.43 Å². The molecule has 4 rings (SSSR count). The average molecular weight is 441 g/mol. The lowest BCUT2D eigenvalue weighted by atomic mass is 10.1. The molecule has 3 N–H and O–H groups in total. The Balaban J connectivity index is 1.56. The lowest BCUT2D eigenvalue weighted by Crippen LogP contribution is -2.44. The Kier molecular flexibility index (Phi) is 5.81. The van der Waals surface area contributed by atoms with Crippen LogP contribution in [0.4, 0.5) is 9.59 Å². The van der Waals surface area contributed by atoms with Crippen LogP contribution in [0.1, 0.15) is 12.0 Å². The van der Waals surface area contributed by atoms with E-state index in [0.717, 1.165) is 5.69 Å². The Morgan fingerprint density at radius 3 is 2.65 bits per heavy atom. The number of nitrogens with one attached hydrogen (secondary N) is 2. The molecule has 1 aliphatic heterocycles. The minimum atomic E-state index is -0.998. The molecule has 0 radical (unpaired) electrons. The van der Waals surface area contributed by atoms with Gasteiger partial charge in [-0.1, -0.05) is 29.8 Å². The monoisotopic (exact) mass is 440 g/mol. The van der Waals surface area contributed by atoms with Gasteiger partial charge >= 0.3 is 12.1 Å². The number of hydrogen-bond acceptors (Lipinski definition) is 3. The van der Waals surface area contributed by atoms with E-state index in [-0.39, 0.29) is 24.6 Å². The summed E-state index contributed by atoms with van der Waals surface area (Å²) in [6.07, 6.45) is 1.26. The summed E-state index contributed by atoms with van der Waals surface area (Å²) in [5.41, 5.74) is 1.78. The summed E-state index contributed by atoms with van der Waals surface area (Å²) < 4.78 is 1.87. The van der Waals surface area contributed by atoms with E-state index in [1.807, 2.05) is 34.9 Å². The standard InChI is InChI=1S/C22H21ClN4O4/c23-15-6-7-18-19(10-15)27(17-4-2-1-3-5-17)12-14(20(18)28)11-24-21(29)25-16-8-9-26(13-16)22(30)31/h1-7,10,12,16H,8-9,11,13H2,(H,30,31)(H2,24,25,29). The van der Waals surface area contributed by atoms with Gasteiger partial charge in [0.2, 0.25) is 0 Å². The summed E-state index contributed by atoms with van der Waals surface area (Å²) in [6, 6.07) is 13.9. The fourth-order valence-electron chi connectivity index (χ4n) is 3.74. The van der Waals surface area contributed by atoms with E-state index in [0.29, 0.717) is 34.5 Å². The molecule has 2 aromatic carbocycles. The Morgan fingerprint density at radius 2 is 1.94 bits per heavy atom. The first kappa shape index (κ1) is 20.7. The molecule has 160 valence electrons. The first-order valence-electron chi connectivity index (χ1n) is 9.84. The molecule has 3 aromatic rings. The molecule has 9 heteroatoms. The van der Waals surface area contributed by atoms with Gasteiger partial charge in [-0.3, -0.25) is 4.79 Å². The zero-order valence-corrected chi connectivity index (χ0v) is 17.3. The number of benzene rings is 2. The molecule has 0 bridgehead atoms. The zero-order chi connectivity index (χ0) is 22.0. The van der Waals surface area contributed by atoms with Crippen LogP contribution < -0.4 is 16.1 Å². The first-order valence-corrected chi connectivity index (χ1v) is 10.2. The topological polar surface area (TPSA) is 104 Å². The van der Waals surface area contributed by atoms with Crippen molar-refractivity contribution in [2.75, 3.05) is 13.1 Å². The number of carboxylic acid groups (broad SMARTS) is 1. The number of carbonyl (C=O) groups excluding carboxylic acids is 1. The fourth-order valence-corrected chi connectivity index (χ4v) is 3.91. The quantitative estimate of drug-likeness (QED) is 0.579. The number of halogens is 1. The molecule has 3 amide bonds. The van der Waals surface area contributed by atoms with E-state index in [1.165, 1.54) is 4.90 Å². The number of hydrogen-bond donors (Lipinski definition) is 3. The molecule has 1 aromatic heterocycles. The number of rotatable bonds is 4. The molecule has 0 saturated carbocycles. The maximum absolute atomic E-state index is 13.0. The van der Waals surface area contributed by atoms with Crippen LogP contribution in [-0.4, -0.2) is 45.8 Å². The minimum absolute atomic E-state index is 0.0332. The molecular weight excluding hydrogens is 420 g/mol. The lowest BCUT2D eigenvalue weighted by Gasteiger charge is -2.16. The first-order chi connectivity index (χ1) is 14.9. The summed E-state index contributed by atoms with van der Waals surface area (Å²) in [7, 11) is 0. The van der Waals surface area contributed by atoms with Crippen molar-refractivity contribution in [1.29, 1.82) is 0 Å². The maximum Gasteiger partial charge on any atom is 0.407 e. The summed E-state index contributed by atoms with van der Waals surface area (Å²) in [5, 5.41) is 15.5. The van der Waals surface area contributed by atoms with Crippen LogP contribution in [-0.2, 0) is 6.54 Å². The van der Waals surface area contributed by atoms with Gasteiger partial charge in [-0.05, 0) is 36.8 Å². The van der Waals surface area contributed by atoms with Crippen molar-refractivity contribution < 1.29 is 14.7 Å². The summed E-state index contributed by atoms with van der Waals surface area (Å²) in [6.45, 7) is 0.668. The van der Waals surface area contributed by atoms with Gasteiger partial charge in [-0.15, -0.1) is 0 Å². The van der Waals surface area contributed by atoms with Crippen LogP contribution in [0.15, 0.2) is 59.5 Å². The molecule has 1 aliphatic rings. The highest BCUT2D eigenvalue weighted by atomic mass is 35.5. The molecule has 0 spiro atoms. The summed E-state index contributed by atoms with van der Waals surface area (Å²) >= 11 is 6.16. The number of aromatic nitrogens is 1. The lowest BCUT2D eigenvalue weighted by molar-refractivity contribution is 0.154. The number of urea groups is 1. The van der Waals surface area contributed by atoms with Gasteiger partial charge in [0.25, 0.3) is 0 Å². The van der Waals surface area contributed by atoms with Crippen LogP contribution in [0, 0.1) is 0 Å². The van der Waals surface area contributed by atoms with Gasteiger partial charge in [0, 0.05) is 53.5 Å². The van der Waals surface area contributed by atoms with Crippen molar-refractivity contribution in [3.05, 3.63) is 75.5 Å². The highest BCUT2D eigenvalue weighted by Gasteiger charge is 2.26. The van der Waals surface area contributed by atoms with Crippen molar-refractivity contribution in [3.8, 4) is 5.69 Å². The second-order valence-electron chi connectivity index (χ2n) is 7.39. The molecule has 8 nitrogen and oxygen atoms in total. The Morgan fingerprint density at radius 1 is 1.16 bits per heavy atom. The van der Waals surface area contributed by atoms with Gasteiger partial charge < -0.3 is 25.2 Å². The van der Waals surface area contributed by atoms with Crippen molar-refractivity contribution in [2.45, 2.75) is 19.0 Å². The third-order valence-electron chi connectivity index (χ3n) is 5.31. The number of carbonyl (C=O) groups is 2. The third-order valence-corrected chi connectivity index (χ3v) is 5.54. The Bertz CT molecular complexity index is 1200. The highest BCUT2D eigenvalue weighted by molar-refractivity contribution is 6.31. The predicted molar refractivity (Wildman–Crippen MR) is 118 cm³/mol. The van der Waals surface area contributed by atoms with E-state index in [4.69, 9.17) is 16.7 Å². The van der Waals surface area contributed by atoms with Gasteiger partial charge in [-0.25, -0.2) is 9.59 Å². The average Bonchev–Trinajstić information content (AvgIpc) is 3.22. The highest BCUT2D eigenvalue weighted by Crippen LogP contribution is 2.21. The van der Waals surface area contributed by atoms with Crippen LogP contribution in [0.25, 0.3) is 16.6 Å². The SMILES string of the molecule is O=C(NCc1cn(-c2ccccc2)c2cc(Cl)ccc2c1=O)NC1CCN(C(=O)O)C1. The van der Waals surface area contributed by atoms with Crippen LogP contribution in [0.2, 0.25) is 5.02 Å². The molecule has 1 saturated heterocycles. The number of amides is 3. The van der Waals surface area contributed by atoms with Crippen molar-refractivity contribution >= 4 is 34.6 Å². The third kappa shape index (κ3) is 4.49. The van der Waals surface area contributed by atoms with Crippen molar-refractivity contribution in [3.63, 3.8) is 0 Å². The second kappa shape index (κ2) is 8.69. The van der Waals surface area contributed by atoms with E-state index in [1.54, 1.807) is 24.4 Å². The Labute approximate surface area is 183 Å². The second-order valence-corrected chi connectivity index (χ2v) is 7.83. The molecule has 2 heterocycles. The van der Waals surface area contributed by atoms with Gasteiger partial charge in [-0.2, -0.15) is 0 Å². The van der Waals surface area contributed by atoms with Crippen LogP contribution in [0.5, 0.6) is 0 Å². The van der Waals surface area contributed by atoms with E-state index in [9.17, 15) is 14.4 Å². The van der Waals surface area contributed by atoms with Gasteiger partial charge in [0.1, 0.15) is 0 Å². The van der Waals surface area contributed by atoms with E-state index in [2.05, 4.69) is 10.6 Å². The van der Waals surface area contributed by atoms with Crippen molar-refractivity contribution in [1.82, 2.24) is 20.1 Å². The van der Waals surface area contributed by atoms with Crippen LogP contribution in [0.3, 0.4) is 0 Å². The predicted octanol–water partition coefficient (Wildman–Crippen LogP) is 3.20. The molecule has 0 aliphatic carbocycles. The number of nitrogens with zero attached hydrogens (tertiary/aromatic N) is 2. The number of para-hydroxylation sites is 1. The Hall–Kier alpha value is -3.52. The van der Waals surface area contributed by atoms with Gasteiger partial charge in [0.05, 0.1) is 5.52 Å². The number of pyridine rings is 1. The smallest absolute Gasteiger partial charge is 0.407 e. The van der Waals surface area contributed by atoms with E-state index < -0.39 is 12.1 Å². The minimum Gasteiger partial charge on any atom is -0.465 e.